The van der Waals surface area contributed by atoms with E-state index in [0.717, 1.165) is 0 Å². The van der Waals surface area contributed by atoms with E-state index in [1.54, 1.807) is 0 Å². The molecule has 0 aromatic heterocycles. The quantitative estimate of drug-likeness (QED) is 0.853. The van der Waals surface area contributed by atoms with Gasteiger partial charge in [0, 0.05) is 6.04 Å². The first-order chi connectivity index (χ1) is 8.76. The van der Waals surface area contributed by atoms with E-state index in [4.69, 9.17) is 22.0 Å². The Morgan fingerprint density at radius 1 is 1.58 bits per heavy atom. The summed E-state index contributed by atoms with van der Waals surface area (Å²) in [5.74, 6) is -1.11. The number of halogens is 1. The molecule has 0 aliphatic heterocycles. The van der Waals surface area contributed by atoms with Crippen molar-refractivity contribution in [3.63, 3.8) is 0 Å². The second-order valence-electron chi connectivity index (χ2n) is 3.88. The van der Waals surface area contributed by atoms with E-state index in [2.05, 4.69) is 4.72 Å². The van der Waals surface area contributed by atoms with Gasteiger partial charge in [-0.05, 0) is 25.1 Å². The van der Waals surface area contributed by atoms with Crippen molar-refractivity contribution in [2.75, 3.05) is 0 Å². The molecule has 0 amide bonds. The summed E-state index contributed by atoms with van der Waals surface area (Å²) in [4.78, 5) is 10.3. The van der Waals surface area contributed by atoms with Crippen molar-refractivity contribution in [3.8, 4) is 6.07 Å². The van der Waals surface area contributed by atoms with Gasteiger partial charge in [0.05, 0.1) is 23.1 Å². The maximum atomic E-state index is 12.0. The predicted octanol–water partition coefficient (Wildman–Crippen LogP) is 1.35. The third-order valence-electron chi connectivity index (χ3n) is 2.19. The van der Waals surface area contributed by atoms with Crippen LogP contribution in [0.1, 0.15) is 18.9 Å². The summed E-state index contributed by atoms with van der Waals surface area (Å²) in [6.07, 6.45) is -0.340. The zero-order valence-electron chi connectivity index (χ0n) is 9.92. The molecule has 1 unspecified atom stereocenters. The molecule has 0 saturated heterocycles. The van der Waals surface area contributed by atoms with Crippen LogP contribution in [0, 0.1) is 11.3 Å². The van der Waals surface area contributed by atoms with Gasteiger partial charge in [0.2, 0.25) is 10.0 Å². The van der Waals surface area contributed by atoms with E-state index in [1.165, 1.54) is 25.1 Å². The van der Waals surface area contributed by atoms with Gasteiger partial charge in [-0.3, -0.25) is 4.79 Å². The van der Waals surface area contributed by atoms with Crippen LogP contribution >= 0.6 is 11.6 Å². The lowest BCUT2D eigenvalue weighted by Gasteiger charge is -2.13. The van der Waals surface area contributed by atoms with Gasteiger partial charge >= 0.3 is 5.97 Å². The fraction of sp³-hybridized carbons (Fsp3) is 0.273. The molecule has 2 N–H and O–H groups in total. The lowest BCUT2D eigenvalue weighted by atomic mass is 10.2. The largest absolute Gasteiger partial charge is 0.481 e. The van der Waals surface area contributed by atoms with E-state index in [9.17, 15) is 13.2 Å². The van der Waals surface area contributed by atoms with Crippen LogP contribution in [-0.2, 0) is 14.8 Å². The van der Waals surface area contributed by atoms with E-state index in [0.29, 0.717) is 0 Å². The van der Waals surface area contributed by atoms with Crippen LogP contribution in [-0.4, -0.2) is 25.5 Å². The molecule has 8 heteroatoms. The Morgan fingerprint density at radius 2 is 2.21 bits per heavy atom. The third kappa shape index (κ3) is 4.21. The Morgan fingerprint density at radius 3 is 2.68 bits per heavy atom. The van der Waals surface area contributed by atoms with Crippen molar-refractivity contribution in [3.05, 3.63) is 28.8 Å². The lowest BCUT2D eigenvalue weighted by Crippen LogP contribution is -2.34. The van der Waals surface area contributed by atoms with Gasteiger partial charge in [-0.2, -0.15) is 5.26 Å². The SMILES string of the molecule is CC(CC(=O)O)NS(=O)(=O)c1ccc(C#N)cc1Cl. The van der Waals surface area contributed by atoms with Crippen molar-refractivity contribution in [2.45, 2.75) is 24.3 Å². The summed E-state index contributed by atoms with van der Waals surface area (Å²) in [5.41, 5.74) is 0.238. The van der Waals surface area contributed by atoms with Gasteiger partial charge in [0.15, 0.2) is 0 Å². The maximum Gasteiger partial charge on any atom is 0.304 e. The molecule has 1 aromatic rings. The first-order valence-electron chi connectivity index (χ1n) is 5.20. The number of hydrogen-bond acceptors (Lipinski definition) is 4. The maximum absolute atomic E-state index is 12.0. The highest BCUT2D eigenvalue weighted by atomic mass is 35.5. The number of carboxylic acid groups (broad SMARTS) is 1. The van der Waals surface area contributed by atoms with Gasteiger partial charge in [-0.15, -0.1) is 0 Å². The molecule has 0 saturated carbocycles. The Balaban J connectivity index is 3.01. The van der Waals surface area contributed by atoms with Crippen LogP contribution in [0.5, 0.6) is 0 Å². The predicted molar refractivity (Wildman–Crippen MR) is 68.2 cm³/mol. The first kappa shape index (κ1) is 15.4. The molecule has 0 bridgehead atoms. The molecule has 102 valence electrons. The van der Waals surface area contributed by atoms with Crippen LogP contribution in [0.15, 0.2) is 23.1 Å². The number of nitrogens with zero attached hydrogens (tertiary/aromatic N) is 1. The van der Waals surface area contributed by atoms with Gasteiger partial charge in [0.25, 0.3) is 0 Å². The highest BCUT2D eigenvalue weighted by molar-refractivity contribution is 7.89. The van der Waals surface area contributed by atoms with E-state index >= 15 is 0 Å². The number of sulfonamides is 1. The molecule has 0 aliphatic carbocycles. The molecule has 0 fully saturated rings. The van der Waals surface area contributed by atoms with Crippen molar-refractivity contribution in [1.82, 2.24) is 4.72 Å². The average Bonchev–Trinajstić information content (AvgIpc) is 2.26. The van der Waals surface area contributed by atoms with Crippen LogP contribution in [0.4, 0.5) is 0 Å². The Bertz CT molecular complexity index is 637. The highest BCUT2D eigenvalue weighted by Crippen LogP contribution is 2.22. The second-order valence-corrected chi connectivity index (χ2v) is 5.97. The summed E-state index contributed by atoms with van der Waals surface area (Å²) >= 11 is 5.80. The van der Waals surface area contributed by atoms with Crippen LogP contribution in [0.2, 0.25) is 5.02 Å². The molecular weight excluding hydrogens is 292 g/mol. The van der Waals surface area contributed by atoms with Crippen molar-refractivity contribution in [1.29, 1.82) is 5.26 Å². The fourth-order valence-electron chi connectivity index (χ4n) is 1.42. The number of nitrogens with one attached hydrogen (secondary N) is 1. The van der Waals surface area contributed by atoms with Gasteiger partial charge in [-0.1, -0.05) is 11.6 Å². The zero-order valence-corrected chi connectivity index (χ0v) is 11.5. The molecule has 19 heavy (non-hydrogen) atoms. The number of carbonyl (C=O) groups is 1. The topological polar surface area (TPSA) is 107 Å². The zero-order chi connectivity index (χ0) is 14.6. The smallest absolute Gasteiger partial charge is 0.304 e. The Kier molecular flexibility index (Phi) is 4.89. The number of carboxylic acids is 1. The van der Waals surface area contributed by atoms with Crippen LogP contribution < -0.4 is 4.72 Å². The molecule has 1 aromatic carbocycles. The standard InChI is InChI=1S/C11H11ClN2O4S/c1-7(4-11(15)16)14-19(17,18)10-3-2-8(6-13)5-9(10)12/h2-3,5,7,14H,4H2,1H3,(H,15,16). The van der Waals surface area contributed by atoms with Crippen LogP contribution in [0.25, 0.3) is 0 Å². The summed E-state index contributed by atoms with van der Waals surface area (Å²) in [6, 6.07) is 4.83. The van der Waals surface area contributed by atoms with Crippen molar-refractivity contribution < 1.29 is 18.3 Å². The average molecular weight is 303 g/mol. The van der Waals surface area contributed by atoms with Crippen LogP contribution in [0.3, 0.4) is 0 Å². The molecule has 0 radical (unpaired) electrons. The lowest BCUT2D eigenvalue weighted by molar-refractivity contribution is -0.137. The number of benzene rings is 1. The molecule has 6 nitrogen and oxygen atoms in total. The van der Waals surface area contributed by atoms with Gasteiger partial charge in [-0.25, -0.2) is 13.1 Å². The number of nitriles is 1. The second kappa shape index (κ2) is 6.02. The first-order valence-corrected chi connectivity index (χ1v) is 7.06. The summed E-state index contributed by atoms with van der Waals surface area (Å²) in [7, 11) is -3.92. The minimum Gasteiger partial charge on any atom is -0.481 e. The monoisotopic (exact) mass is 302 g/mol. The normalized spacial score (nSPS) is 12.7. The summed E-state index contributed by atoms with van der Waals surface area (Å²) in [6.45, 7) is 1.43. The number of aliphatic carboxylic acids is 1. The number of hydrogen-bond donors (Lipinski definition) is 2. The van der Waals surface area contributed by atoms with Crippen molar-refractivity contribution >= 4 is 27.6 Å². The molecule has 1 atom stereocenters. The fourth-order valence-corrected chi connectivity index (χ4v) is 3.21. The van der Waals surface area contributed by atoms with Gasteiger partial charge in [0.1, 0.15) is 4.90 Å². The molecule has 0 heterocycles. The van der Waals surface area contributed by atoms with E-state index in [-0.39, 0.29) is 21.9 Å². The number of rotatable bonds is 5. The summed E-state index contributed by atoms with van der Waals surface area (Å²) < 4.78 is 26.2. The molecule has 1 rings (SSSR count). The summed E-state index contributed by atoms with van der Waals surface area (Å²) in [5, 5.41) is 17.1. The molecule has 0 aliphatic rings. The Labute approximate surface area is 115 Å². The van der Waals surface area contributed by atoms with E-state index in [1.807, 2.05) is 6.07 Å². The minimum atomic E-state index is -3.92. The Hall–Kier alpha value is -1.62. The molecular formula is C11H11ClN2O4S. The van der Waals surface area contributed by atoms with Crippen molar-refractivity contribution in [2.24, 2.45) is 0 Å². The minimum absolute atomic E-state index is 0.0888. The van der Waals surface area contributed by atoms with E-state index < -0.39 is 22.0 Å². The third-order valence-corrected chi connectivity index (χ3v) is 4.26. The van der Waals surface area contributed by atoms with Gasteiger partial charge < -0.3 is 5.11 Å². The molecule has 0 spiro atoms. The highest BCUT2D eigenvalue weighted by Gasteiger charge is 2.21.